The molecule has 0 aliphatic heterocycles. The first-order valence-electron chi connectivity index (χ1n) is 6.97. The van der Waals surface area contributed by atoms with Crippen molar-refractivity contribution in [3.05, 3.63) is 23.8 Å². The van der Waals surface area contributed by atoms with Crippen LogP contribution in [-0.4, -0.2) is 38.8 Å². The summed E-state index contributed by atoms with van der Waals surface area (Å²) in [6.07, 6.45) is 0. The SMILES string of the molecule is CCOc1ccc(C(=O)NCC(C)NC)cc1OCC.Cl. The topological polar surface area (TPSA) is 59.6 Å². The van der Waals surface area contributed by atoms with Crippen LogP contribution in [0.4, 0.5) is 0 Å². The lowest BCUT2D eigenvalue weighted by Crippen LogP contribution is -2.37. The van der Waals surface area contributed by atoms with Crippen molar-refractivity contribution in [1.29, 1.82) is 0 Å². The molecule has 0 bridgehead atoms. The molecule has 0 aromatic heterocycles. The second-order valence-corrected chi connectivity index (χ2v) is 4.43. The summed E-state index contributed by atoms with van der Waals surface area (Å²) >= 11 is 0. The van der Waals surface area contributed by atoms with E-state index in [1.165, 1.54) is 0 Å². The Labute approximate surface area is 132 Å². The fourth-order valence-corrected chi connectivity index (χ4v) is 1.64. The molecule has 21 heavy (non-hydrogen) atoms. The summed E-state index contributed by atoms with van der Waals surface area (Å²) in [6, 6.07) is 5.46. The van der Waals surface area contributed by atoms with Crippen molar-refractivity contribution in [3.63, 3.8) is 0 Å². The van der Waals surface area contributed by atoms with Gasteiger partial charge in [0.25, 0.3) is 5.91 Å². The zero-order valence-corrected chi connectivity index (χ0v) is 13.9. The van der Waals surface area contributed by atoms with Crippen LogP contribution in [0.5, 0.6) is 11.5 Å². The van der Waals surface area contributed by atoms with Crippen LogP contribution in [0.3, 0.4) is 0 Å². The first-order valence-corrected chi connectivity index (χ1v) is 6.97. The van der Waals surface area contributed by atoms with Crippen molar-refractivity contribution in [3.8, 4) is 11.5 Å². The van der Waals surface area contributed by atoms with Crippen LogP contribution < -0.4 is 20.1 Å². The van der Waals surface area contributed by atoms with Gasteiger partial charge in [0.05, 0.1) is 13.2 Å². The Morgan fingerprint density at radius 3 is 2.38 bits per heavy atom. The zero-order chi connectivity index (χ0) is 15.0. The predicted molar refractivity (Wildman–Crippen MR) is 86.9 cm³/mol. The number of likely N-dealkylation sites (N-methyl/N-ethyl adjacent to an activating group) is 1. The third-order valence-electron chi connectivity index (χ3n) is 2.87. The van der Waals surface area contributed by atoms with E-state index in [2.05, 4.69) is 10.6 Å². The Hall–Kier alpha value is -1.46. The number of nitrogens with one attached hydrogen (secondary N) is 2. The van der Waals surface area contributed by atoms with E-state index < -0.39 is 0 Å². The number of benzene rings is 1. The molecule has 0 spiro atoms. The van der Waals surface area contributed by atoms with Gasteiger partial charge < -0.3 is 20.1 Å². The van der Waals surface area contributed by atoms with Gasteiger partial charge in [0.15, 0.2) is 11.5 Å². The molecule has 1 aromatic rings. The molecule has 1 aromatic carbocycles. The maximum absolute atomic E-state index is 12.1. The maximum atomic E-state index is 12.1. The number of hydrogen-bond acceptors (Lipinski definition) is 4. The molecule has 0 aliphatic carbocycles. The molecule has 0 aliphatic rings. The number of halogens is 1. The Morgan fingerprint density at radius 1 is 1.19 bits per heavy atom. The number of carbonyl (C=O) groups is 1. The van der Waals surface area contributed by atoms with E-state index in [0.717, 1.165) is 0 Å². The number of ether oxygens (including phenoxy) is 2. The van der Waals surface area contributed by atoms with Crippen molar-refractivity contribution in [2.45, 2.75) is 26.8 Å². The highest BCUT2D eigenvalue weighted by molar-refractivity contribution is 5.94. The summed E-state index contributed by atoms with van der Waals surface area (Å²) in [5, 5.41) is 5.94. The lowest BCUT2D eigenvalue weighted by atomic mass is 10.2. The van der Waals surface area contributed by atoms with Crippen LogP contribution in [0.1, 0.15) is 31.1 Å². The zero-order valence-electron chi connectivity index (χ0n) is 13.1. The van der Waals surface area contributed by atoms with Crippen LogP contribution >= 0.6 is 12.4 Å². The molecule has 1 atom stereocenters. The standard InChI is InChI=1S/C15H24N2O3.ClH/c1-5-19-13-8-7-12(9-14(13)20-6-2)15(18)17-10-11(3)16-4;/h7-9,11,16H,5-6,10H2,1-4H3,(H,17,18);1H. The fourth-order valence-electron chi connectivity index (χ4n) is 1.64. The van der Waals surface area contributed by atoms with Gasteiger partial charge in [0, 0.05) is 18.2 Å². The molecule has 6 heteroatoms. The lowest BCUT2D eigenvalue weighted by Gasteiger charge is -2.14. The summed E-state index contributed by atoms with van der Waals surface area (Å²) in [6.45, 7) is 7.48. The highest BCUT2D eigenvalue weighted by atomic mass is 35.5. The first kappa shape index (κ1) is 19.5. The molecule has 0 saturated heterocycles. The number of hydrogen-bond donors (Lipinski definition) is 2. The summed E-state index contributed by atoms with van der Waals surface area (Å²) in [5.74, 6) is 1.15. The van der Waals surface area contributed by atoms with Crippen molar-refractivity contribution in [2.24, 2.45) is 0 Å². The van der Waals surface area contributed by atoms with Gasteiger partial charge in [0.1, 0.15) is 0 Å². The Bertz CT molecular complexity index is 441. The predicted octanol–water partition coefficient (Wildman–Crippen LogP) is 2.24. The molecular weight excluding hydrogens is 292 g/mol. The van der Waals surface area contributed by atoms with E-state index in [1.54, 1.807) is 18.2 Å². The average Bonchev–Trinajstić information content (AvgIpc) is 2.46. The summed E-state index contributed by atoms with van der Waals surface area (Å²) in [7, 11) is 1.86. The minimum absolute atomic E-state index is 0. The van der Waals surface area contributed by atoms with Gasteiger partial charge in [-0.1, -0.05) is 0 Å². The fraction of sp³-hybridized carbons (Fsp3) is 0.533. The van der Waals surface area contributed by atoms with Crippen LogP contribution in [0, 0.1) is 0 Å². The van der Waals surface area contributed by atoms with Gasteiger partial charge >= 0.3 is 0 Å². The van der Waals surface area contributed by atoms with Crippen LogP contribution in [0.15, 0.2) is 18.2 Å². The van der Waals surface area contributed by atoms with Gasteiger partial charge in [-0.2, -0.15) is 0 Å². The lowest BCUT2D eigenvalue weighted by molar-refractivity contribution is 0.0950. The van der Waals surface area contributed by atoms with E-state index >= 15 is 0 Å². The van der Waals surface area contributed by atoms with Crippen LogP contribution in [0.2, 0.25) is 0 Å². The summed E-state index contributed by atoms with van der Waals surface area (Å²) in [4.78, 5) is 12.1. The Morgan fingerprint density at radius 2 is 1.81 bits per heavy atom. The largest absolute Gasteiger partial charge is 0.490 e. The number of amides is 1. The first-order chi connectivity index (χ1) is 9.62. The number of rotatable bonds is 8. The third-order valence-corrected chi connectivity index (χ3v) is 2.87. The van der Waals surface area contributed by atoms with E-state index in [9.17, 15) is 4.79 Å². The van der Waals surface area contributed by atoms with E-state index in [0.29, 0.717) is 36.8 Å². The molecule has 1 unspecified atom stereocenters. The van der Waals surface area contributed by atoms with Gasteiger partial charge in [-0.15, -0.1) is 12.4 Å². The van der Waals surface area contributed by atoms with Gasteiger partial charge in [0.2, 0.25) is 0 Å². The van der Waals surface area contributed by atoms with Crippen molar-refractivity contribution >= 4 is 18.3 Å². The van der Waals surface area contributed by atoms with E-state index in [4.69, 9.17) is 9.47 Å². The molecule has 1 rings (SSSR count). The van der Waals surface area contributed by atoms with E-state index in [1.807, 2.05) is 27.8 Å². The Kier molecular flexibility index (Phi) is 9.58. The Balaban J connectivity index is 0.00000400. The van der Waals surface area contributed by atoms with Crippen LogP contribution in [-0.2, 0) is 0 Å². The minimum atomic E-state index is -0.115. The normalized spacial score (nSPS) is 11.2. The van der Waals surface area contributed by atoms with Gasteiger partial charge in [-0.25, -0.2) is 0 Å². The second kappa shape index (κ2) is 10.3. The third kappa shape index (κ3) is 6.23. The molecule has 0 fully saturated rings. The van der Waals surface area contributed by atoms with E-state index in [-0.39, 0.29) is 24.4 Å². The highest BCUT2D eigenvalue weighted by Gasteiger charge is 2.11. The quantitative estimate of drug-likeness (QED) is 0.772. The molecule has 0 saturated carbocycles. The molecule has 2 N–H and O–H groups in total. The maximum Gasteiger partial charge on any atom is 0.251 e. The molecule has 1 amide bonds. The smallest absolute Gasteiger partial charge is 0.251 e. The van der Waals surface area contributed by atoms with Gasteiger partial charge in [-0.05, 0) is 46.0 Å². The molecule has 0 heterocycles. The monoisotopic (exact) mass is 316 g/mol. The van der Waals surface area contributed by atoms with Crippen molar-refractivity contribution in [1.82, 2.24) is 10.6 Å². The second-order valence-electron chi connectivity index (χ2n) is 4.43. The van der Waals surface area contributed by atoms with Crippen molar-refractivity contribution in [2.75, 3.05) is 26.8 Å². The molecule has 5 nitrogen and oxygen atoms in total. The molecule has 0 radical (unpaired) electrons. The average molecular weight is 317 g/mol. The molecule has 120 valence electrons. The minimum Gasteiger partial charge on any atom is -0.490 e. The molecular formula is C15H25ClN2O3. The summed E-state index contributed by atoms with van der Waals surface area (Å²) in [5.41, 5.74) is 0.570. The van der Waals surface area contributed by atoms with Crippen molar-refractivity contribution < 1.29 is 14.3 Å². The van der Waals surface area contributed by atoms with Crippen LogP contribution in [0.25, 0.3) is 0 Å². The van der Waals surface area contributed by atoms with Gasteiger partial charge in [-0.3, -0.25) is 4.79 Å². The summed E-state index contributed by atoms with van der Waals surface area (Å²) < 4.78 is 11.0. The number of carbonyl (C=O) groups excluding carboxylic acids is 1. The highest BCUT2D eigenvalue weighted by Crippen LogP contribution is 2.28.